The molecule has 0 fully saturated rings. The molecule has 0 atom stereocenters. The van der Waals surface area contributed by atoms with Crippen molar-refractivity contribution in [3.63, 3.8) is 0 Å². The SMILES string of the molecule is CCCOc1ccc(F)cc1-c1ncnc2[nH]c(C3=CCN(S(C)(=O)=O)CC3)cc12. The zero-order chi connectivity index (χ0) is 21.3. The number of halogens is 1. The summed E-state index contributed by atoms with van der Waals surface area (Å²) in [5.41, 5.74) is 3.66. The number of ether oxygens (including phenoxy) is 1. The summed E-state index contributed by atoms with van der Waals surface area (Å²) in [7, 11) is -3.21. The number of rotatable bonds is 6. The molecule has 9 heteroatoms. The van der Waals surface area contributed by atoms with Crippen LogP contribution in [0.25, 0.3) is 27.9 Å². The van der Waals surface area contributed by atoms with Crippen molar-refractivity contribution in [3.05, 3.63) is 48.2 Å². The number of fused-ring (bicyclic) bond motifs is 1. The van der Waals surface area contributed by atoms with Crippen LogP contribution in [0.1, 0.15) is 25.5 Å². The second kappa shape index (κ2) is 8.16. The Hall–Kier alpha value is -2.78. The molecule has 0 unspecified atom stereocenters. The Morgan fingerprint density at radius 1 is 1.27 bits per heavy atom. The predicted octanol–water partition coefficient (Wildman–Crippen LogP) is 3.60. The number of aromatic amines is 1. The fourth-order valence-corrected chi connectivity index (χ4v) is 4.32. The fraction of sp³-hybridized carbons (Fsp3) is 0.333. The number of nitrogens with one attached hydrogen (secondary N) is 1. The van der Waals surface area contributed by atoms with Crippen LogP contribution in [0, 0.1) is 5.82 Å². The predicted molar refractivity (Wildman–Crippen MR) is 114 cm³/mol. The van der Waals surface area contributed by atoms with E-state index in [0.717, 1.165) is 23.1 Å². The quantitative estimate of drug-likeness (QED) is 0.646. The zero-order valence-electron chi connectivity index (χ0n) is 16.9. The van der Waals surface area contributed by atoms with Crippen molar-refractivity contribution in [1.82, 2.24) is 19.3 Å². The van der Waals surface area contributed by atoms with Gasteiger partial charge in [0.15, 0.2) is 0 Å². The molecule has 1 aliphatic heterocycles. The first-order valence-electron chi connectivity index (χ1n) is 9.77. The maximum absolute atomic E-state index is 14.0. The molecule has 0 saturated heterocycles. The summed E-state index contributed by atoms with van der Waals surface area (Å²) in [5, 5.41) is 0.755. The van der Waals surface area contributed by atoms with Gasteiger partial charge >= 0.3 is 0 Å². The van der Waals surface area contributed by atoms with Crippen molar-refractivity contribution in [3.8, 4) is 17.0 Å². The number of aromatic nitrogens is 3. The van der Waals surface area contributed by atoms with Crippen LogP contribution in [-0.4, -0.2) is 53.6 Å². The Kier molecular flexibility index (Phi) is 5.57. The van der Waals surface area contributed by atoms with E-state index in [4.69, 9.17) is 4.74 Å². The van der Waals surface area contributed by atoms with E-state index in [2.05, 4.69) is 15.0 Å². The number of nitrogens with zero attached hydrogens (tertiary/aromatic N) is 3. The normalized spacial score (nSPS) is 15.4. The van der Waals surface area contributed by atoms with Gasteiger partial charge in [-0.3, -0.25) is 0 Å². The van der Waals surface area contributed by atoms with Crippen molar-refractivity contribution in [1.29, 1.82) is 0 Å². The van der Waals surface area contributed by atoms with Crippen molar-refractivity contribution in [2.75, 3.05) is 26.0 Å². The van der Waals surface area contributed by atoms with Crippen LogP contribution < -0.4 is 4.74 Å². The molecule has 0 amide bonds. The van der Waals surface area contributed by atoms with Gasteiger partial charge in [-0.1, -0.05) is 13.0 Å². The number of hydrogen-bond donors (Lipinski definition) is 1. The average Bonchev–Trinajstić information content (AvgIpc) is 3.17. The fourth-order valence-electron chi connectivity index (χ4n) is 3.55. The first kappa shape index (κ1) is 20.5. The molecular formula is C21H23FN4O3S. The third-order valence-electron chi connectivity index (χ3n) is 5.07. The molecular weight excluding hydrogens is 407 g/mol. The van der Waals surface area contributed by atoms with Gasteiger partial charge in [0.25, 0.3) is 0 Å². The Balaban J connectivity index is 1.74. The first-order valence-corrected chi connectivity index (χ1v) is 11.6. The summed E-state index contributed by atoms with van der Waals surface area (Å²) in [6.07, 6.45) is 5.98. The van der Waals surface area contributed by atoms with Crippen LogP contribution in [0.4, 0.5) is 4.39 Å². The molecule has 1 aromatic carbocycles. The van der Waals surface area contributed by atoms with Crippen LogP contribution in [0.15, 0.2) is 36.7 Å². The molecule has 0 radical (unpaired) electrons. The Labute approximate surface area is 174 Å². The summed E-state index contributed by atoms with van der Waals surface area (Å²) < 4.78 is 44.7. The van der Waals surface area contributed by atoms with Crippen molar-refractivity contribution in [2.45, 2.75) is 19.8 Å². The first-order chi connectivity index (χ1) is 14.4. The molecule has 7 nitrogen and oxygen atoms in total. The third kappa shape index (κ3) is 4.08. The minimum absolute atomic E-state index is 0.334. The maximum Gasteiger partial charge on any atom is 0.211 e. The molecule has 1 aliphatic rings. The molecule has 30 heavy (non-hydrogen) atoms. The van der Waals surface area contributed by atoms with Gasteiger partial charge in [0.1, 0.15) is 23.5 Å². The van der Waals surface area contributed by atoms with E-state index < -0.39 is 10.0 Å². The zero-order valence-corrected chi connectivity index (χ0v) is 17.7. The highest BCUT2D eigenvalue weighted by molar-refractivity contribution is 7.88. The van der Waals surface area contributed by atoms with Crippen molar-refractivity contribution >= 4 is 26.6 Å². The lowest BCUT2D eigenvalue weighted by Crippen LogP contribution is -2.33. The minimum atomic E-state index is -3.21. The highest BCUT2D eigenvalue weighted by atomic mass is 32.2. The molecule has 0 aliphatic carbocycles. The molecule has 0 saturated carbocycles. The van der Waals surface area contributed by atoms with Gasteiger partial charge in [-0.25, -0.2) is 22.8 Å². The molecule has 0 spiro atoms. The summed E-state index contributed by atoms with van der Waals surface area (Å²) in [6, 6.07) is 6.34. The number of sulfonamides is 1. The largest absolute Gasteiger partial charge is 0.493 e. The van der Waals surface area contributed by atoms with Gasteiger partial charge in [-0.15, -0.1) is 0 Å². The molecule has 1 N–H and O–H groups in total. The summed E-state index contributed by atoms with van der Waals surface area (Å²) in [5.74, 6) is 0.203. The van der Waals surface area contributed by atoms with Crippen LogP contribution in [0.5, 0.6) is 5.75 Å². The third-order valence-corrected chi connectivity index (χ3v) is 6.34. The van der Waals surface area contributed by atoms with Crippen LogP contribution in [-0.2, 0) is 10.0 Å². The Morgan fingerprint density at radius 2 is 2.10 bits per heavy atom. The second-order valence-corrected chi connectivity index (χ2v) is 9.24. The second-order valence-electron chi connectivity index (χ2n) is 7.26. The van der Waals surface area contributed by atoms with E-state index in [1.165, 1.54) is 29.0 Å². The number of H-pyrrole nitrogens is 1. The van der Waals surface area contributed by atoms with E-state index >= 15 is 0 Å². The van der Waals surface area contributed by atoms with Crippen LogP contribution >= 0.6 is 0 Å². The summed E-state index contributed by atoms with van der Waals surface area (Å²) in [4.78, 5) is 12.0. The highest BCUT2D eigenvalue weighted by Gasteiger charge is 2.22. The smallest absolute Gasteiger partial charge is 0.211 e. The minimum Gasteiger partial charge on any atom is -0.493 e. The Bertz CT molecular complexity index is 1220. The molecule has 3 heterocycles. The van der Waals surface area contributed by atoms with Gasteiger partial charge in [0.05, 0.1) is 18.6 Å². The number of hydrogen-bond acceptors (Lipinski definition) is 5. The lowest BCUT2D eigenvalue weighted by Gasteiger charge is -2.23. The Morgan fingerprint density at radius 3 is 2.80 bits per heavy atom. The van der Waals surface area contributed by atoms with Gasteiger partial charge in [0, 0.05) is 29.7 Å². The van der Waals surface area contributed by atoms with Crippen molar-refractivity contribution < 1.29 is 17.5 Å². The van der Waals surface area contributed by atoms with E-state index in [0.29, 0.717) is 48.8 Å². The van der Waals surface area contributed by atoms with E-state index in [1.807, 2.05) is 19.1 Å². The van der Waals surface area contributed by atoms with E-state index in [1.54, 1.807) is 6.07 Å². The highest BCUT2D eigenvalue weighted by Crippen LogP contribution is 2.35. The van der Waals surface area contributed by atoms with Crippen molar-refractivity contribution in [2.24, 2.45) is 0 Å². The lowest BCUT2D eigenvalue weighted by molar-refractivity contribution is 0.318. The molecule has 0 bridgehead atoms. The molecule has 4 rings (SSSR count). The average molecular weight is 431 g/mol. The standard InChI is InChI=1S/C21H23FN4O3S/c1-3-10-29-19-5-4-15(22)11-16(19)20-17-12-18(25-21(17)24-13-23-20)14-6-8-26(9-7-14)30(2,27)28/h4-6,11-13H,3,7-10H2,1-2H3,(H,23,24,25). The van der Waals surface area contributed by atoms with Crippen LogP contribution in [0.2, 0.25) is 0 Å². The molecule has 2 aromatic heterocycles. The van der Waals surface area contributed by atoms with Gasteiger partial charge in [0.2, 0.25) is 10.0 Å². The summed E-state index contributed by atoms with van der Waals surface area (Å²) >= 11 is 0. The van der Waals surface area contributed by atoms with Gasteiger partial charge < -0.3 is 9.72 Å². The van der Waals surface area contributed by atoms with Crippen LogP contribution in [0.3, 0.4) is 0 Å². The maximum atomic E-state index is 14.0. The van der Waals surface area contributed by atoms with Gasteiger partial charge in [-0.05, 0) is 42.7 Å². The monoisotopic (exact) mass is 430 g/mol. The lowest BCUT2D eigenvalue weighted by atomic mass is 10.0. The topological polar surface area (TPSA) is 88.2 Å². The molecule has 3 aromatic rings. The summed E-state index contributed by atoms with van der Waals surface area (Å²) in [6.45, 7) is 3.29. The van der Waals surface area contributed by atoms with Gasteiger partial charge in [-0.2, -0.15) is 4.31 Å². The number of benzene rings is 1. The molecule has 158 valence electrons. The van der Waals surface area contributed by atoms with E-state index in [9.17, 15) is 12.8 Å². The van der Waals surface area contributed by atoms with E-state index in [-0.39, 0.29) is 5.82 Å².